The standard InChI is InChI=1S/C19H21ClFNOS/c1-19(2,11-14-6-4-3-5-7-14)22-18(23)13-24-12-15-8-9-16(20)10-17(15)21/h3-10H,11-13H2,1-2H3,(H,22,23). The lowest BCUT2D eigenvalue weighted by molar-refractivity contribution is -0.120. The molecule has 0 saturated carbocycles. The first-order valence-electron chi connectivity index (χ1n) is 7.72. The predicted octanol–water partition coefficient (Wildman–Crippen LogP) is 4.85. The molecule has 0 fully saturated rings. The molecule has 2 nitrogen and oxygen atoms in total. The van der Waals surface area contributed by atoms with Crippen molar-refractivity contribution < 1.29 is 9.18 Å². The number of amides is 1. The average molecular weight is 366 g/mol. The highest BCUT2D eigenvalue weighted by atomic mass is 35.5. The summed E-state index contributed by atoms with van der Waals surface area (Å²) in [5, 5.41) is 3.42. The highest BCUT2D eigenvalue weighted by Crippen LogP contribution is 2.20. The first-order valence-corrected chi connectivity index (χ1v) is 9.26. The topological polar surface area (TPSA) is 29.1 Å². The fraction of sp³-hybridized carbons (Fsp3) is 0.316. The average Bonchev–Trinajstić information content (AvgIpc) is 2.49. The molecule has 0 aliphatic carbocycles. The van der Waals surface area contributed by atoms with Gasteiger partial charge < -0.3 is 5.32 Å². The quantitative estimate of drug-likeness (QED) is 0.759. The molecule has 0 aliphatic rings. The molecule has 128 valence electrons. The molecule has 2 rings (SSSR count). The first kappa shape index (κ1) is 18.8. The van der Waals surface area contributed by atoms with Crippen molar-refractivity contribution in [1.82, 2.24) is 5.32 Å². The van der Waals surface area contributed by atoms with E-state index in [1.54, 1.807) is 12.1 Å². The summed E-state index contributed by atoms with van der Waals surface area (Å²) in [5.74, 6) is 0.352. The Hall–Kier alpha value is -1.52. The maximum absolute atomic E-state index is 13.7. The Bertz CT molecular complexity index is 691. The zero-order valence-electron chi connectivity index (χ0n) is 13.8. The van der Waals surface area contributed by atoms with E-state index in [1.807, 2.05) is 44.2 Å². The van der Waals surface area contributed by atoms with Gasteiger partial charge in [0.2, 0.25) is 5.91 Å². The van der Waals surface area contributed by atoms with Crippen LogP contribution in [0.5, 0.6) is 0 Å². The third-order valence-corrected chi connectivity index (χ3v) is 4.69. The SMILES string of the molecule is CC(C)(Cc1ccccc1)NC(=O)CSCc1ccc(Cl)cc1F. The van der Waals surface area contributed by atoms with Gasteiger partial charge in [0.15, 0.2) is 0 Å². The summed E-state index contributed by atoms with van der Waals surface area (Å²) >= 11 is 7.12. The molecular weight excluding hydrogens is 345 g/mol. The molecule has 2 aromatic carbocycles. The van der Waals surface area contributed by atoms with E-state index in [4.69, 9.17) is 11.6 Å². The molecule has 0 atom stereocenters. The second-order valence-corrected chi connectivity index (χ2v) is 7.75. The van der Waals surface area contributed by atoms with Crippen LogP contribution in [0.3, 0.4) is 0 Å². The van der Waals surface area contributed by atoms with Crippen LogP contribution in [0.1, 0.15) is 25.0 Å². The molecular formula is C19H21ClFNOS. The molecule has 1 N–H and O–H groups in total. The second kappa shape index (κ2) is 8.54. The van der Waals surface area contributed by atoms with Crippen molar-refractivity contribution in [2.45, 2.75) is 31.6 Å². The lowest BCUT2D eigenvalue weighted by Crippen LogP contribution is -2.45. The summed E-state index contributed by atoms with van der Waals surface area (Å²) in [6.45, 7) is 4.00. The fourth-order valence-electron chi connectivity index (χ4n) is 2.46. The number of rotatable bonds is 7. The van der Waals surface area contributed by atoms with Crippen LogP contribution in [-0.4, -0.2) is 17.2 Å². The lowest BCUT2D eigenvalue weighted by atomic mass is 9.95. The van der Waals surface area contributed by atoms with Crippen LogP contribution in [0.15, 0.2) is 48.5 Å². The van der Waals surface area contributed by atoms with Crippen molar-refractivity contribution in [2.24, 2.45) is 0 Å². The van der Waals surface area contributed by atoms with E-state index in [2.05, 4.69) is 5.32 Å². The minimum atomic E-state index is -0.334. The molecule has 0 aromatic heterocycles. The van der Waals surface area contributed by atoms with Gasteiger partial charge in [-0.15, -0.1) is 11.8 Å². The van der Waals surface area contributed by atoms with Crippen molar-refractivity contribution >= 4 is 29.3 Å². The van der Waals surface area contributed by atoms with Gasteiger partial charge in [0.1, 0.15) is 5.82 Å². The van der Waals surface area contributed by atoms with Gasteiger partial charge in [0.25, 0.3) is 0 Å². The van der Waals surface area contributed by atoms with Gasteiger partial charge in [-0.3, -0.25) is 4.79 Å². The van der Waals surface area contributed by atoms with E-state index in [9.17, 15) is 9.18 Å². The molecule has 0 spiro atoms. The Morgan fingerprint density at radius 2 is 1.92 bits per heavy atom. The molecule has 0 aliphatic heterocycles. The molecule has 5 heteroatoms. The van der Waals surface area contributed by atoms with Crippen molar-refractivity contribution in [2.75, 3.05) is 5.75 Å². The van der Waals surface area contributed by atoms with Gasteiger partial charge in [-0.1, -0.05) is 48.0 Å². The number of carbonyl (C=O) groups excluding carboxylic acids is 1. The van der Waals surface area contributed by atoms with Gasteiger partial charge in [0, 0.05) is 16.3 Å². The van der Waals surface area contributed by atoms with Crippen molar-refractivity contribution in [3.05, 3.63) is 70.5 Å². The summed E-state index contributed by atoms with van der Waals surface area (Å²) in [4.78, 5) is 12.1. The molecule has 1 amide bonds. The highest BCUT2D eigenvalue weighted by Gasteiger charge is 2.20. The first-order chi connectivity index (χ1) is 11.4. The normalized spacial score (nSPS) is 11.3. The molecule has 0 unspecified atom stereocenters. The number of hydrogen-bond donors (Lipinski definition) is 1. The van der Waals surface area contributed by atoms with Gasteiger partial charge in [-0.05, 0) is 43.5 Å². The van der Waals surface area contributed by atoms with E-state index in [0.29, 0.717) is 22.1 Å². The van der Waals surface area contributed by atoms with Crippen LogP contribution >= 0.6 is 23.4 Å². The Labute approximate surface area is 151 Å². The number of carbonyl (C=O) groups is 1. The van der Waals surface area contributed by atoms with E-state index in [1.165, 1.54) is 23.4 Å². The number of thioether (sulfide) groups is 1. The summed E-state index contributed by atoms with van der Waals surface area (Å²) in [7, 11) is 0. The number of nitrogens with one attached hydrogen (secondary N) is 1. The summed E-state index contributed by atoms with van der Waals surface area (Å²) in [6, 6.07) is 14.7. The van der Waals surface area contributed by atoms with Crippen LogP contribution in [-0.2, 0) is 17.0 Å². The molecule has 24 heavy (non-hydrogen) atoms. The Morgan fingerprint density at radius 3 is 2.58 bits per heavy atom. The zero-order valence-corrected chi connectivity index (χ0v) is 15.4. The monoisotopic (exact) mass is 365 g/mol. The van der Waals surface area contributed by atoms with Crippen molar-refractivity contribution in [3.8, 4) is 0 Å². The van der Waals surface area contributed by atoms with Crippen molar-refractivity contribution in [3.63, 3.8) is 0 Å². The van der Waals surface area contributed by atoms with Crippen LogP contribution in [0.4, 0.5) is 4.39 Å². The number of hydrogen-bond acceptors (Lipinski definition) is 2. The van der Waals surface area contributed by atoms with E-state index in [-0.39, 0.29) is 17.3 Å². The highest BCUT2D eigenvalue weighted by molar-refractivity contribution is 7.99. The number of halogens is 2. The minimum absolute atomic E-state index is 0.0460. The van der Waals surface area contributed by atoms with Crippen LogP contribution in [0.25, 0.3) is 0 Å². The van der Waals surface area contributed by atoms with Crippen LogP contribution in [0, 0.1) is 5.82 Å². The Kier molecular flexibility index (Phi) is 6.69. The summed E-state index contributed by atoms with van der Waals surface area (Å²) in [6.07, 6.45) is 0.760. The van der Waals surface area contributed by atoms with Crippen LogP contribution in [0.2, 0.25) is 5.02 Å². The summed E-state index contributed by atoms with van der Waals surface area (Å²) in [5.41, 5.74) is 1.41. The van der Waals surface area contributed by atoms with Gasteiger partial charge >= 0.3 is 0 Å². The Balaban J connectivity index is 1.80. The largest absolute Gasteiger partial charge is 0.350 e. The van der Waals surface area contributed by atoms with E-state index in [0.717, 1.165) is 6.42 Å². The molecule has 0 bridgehead atoms. The molecule has 2 aromatic rings. The zero-order chi connectivity index (χ0) is 17.6. The van der Waals surface area contributed by atoms with E-state index < -0.39 is 0 Å². The van der Waals surface area contributed by atoms with Gasteiger partial charge in [0.05, 0.1) is 5.75 Å². The third kappa shape index (κ3) is 6.17. The van der Waals surface area contributed by atoms with E-state index >= 15 is 0 Å². The van der Waals surface area contributed by atoms with Crippen molar-refractivity contribution in [1.29, 1.82) is 0 Å². The predicted molar refractivity (Wildman–Crippen MR) is 99.9 cm³/mol. The Morgan fingerprint density at radius 1 is 1.21 bits per heavy atom. The van der Waals surface area contributed by atoms with Gasteiger partial charge in [-0.25, -0.2) is 4.39 Å². The fourth-order valence-corrected chi connectivity index (χ4v) is 3.43. The lowest BCUT2D eigenvalue weighted by Gasteiger charge is -2.26. The molecule has 0 saturated heterocycles. The summed E-state index contributed by atoms with van der Waals surface area (Å²) < 4.78 is 13.7. The minimum Gasteiger partial charge on any atom is -0.350 e. The van der Waals surface area contributed by atoms with Gasteiger partial charge in [-0.2, -0.15) is 0 Å². The molecule has 0 radical (unpaired) electrons. The smallest absolute Gasteiger partial charge is 0.230 e. The van der Waals surface area contributed by atoms with Crippen LogP contribution < -0.4 is 5.32 Å². The maximum atomic E-state index is 13.7. The third-order valence-electron chi connectivity index (χ3n) is 3.47. The second-order valence-electron chi connectivity index (χ2n) is 6.32. The maximum Gasteiger partial charge on any atom is 0.230 e. The molecule has 0 heterocycles. The number of benzene rings is 2.